The molecule has 0 radical (unpaired) electrons. The van der Waals surface area contributed by atoms with E-state index in [4.69, 9.17) is 4.74 Å². The SMILES string of the molecule is COc1ccc(C(=O)N2CCC(C(=O)NCC(C)(C)CN(C)C)CC2)cc1S(=O)(=O)N(C)C. The van der Waals surface area contributed by atoms with Crippen molar-refractivity contribution in [1.29, 1.82) is 0 Å². The minimum absolute atomic E-state index is 0.0257. The Morgan fingerprint density at radius 3 is 2.27 bits per heavy atom. The average molecular weight is 483 g/mol. The zero-order chi connectivity index (χ0) is 25.0. The van der Waals surface area contributed by atoms with Crippen LogP contribution in [0.15, 0.2) is 23.1 Å². The molecular weight excluding hydrogens is 444 g/mol. The van der Waals surface area contributed by atoms with Gasteiger partial charge in [0.25, 0.3) is 5.91 Å². The van der Waals surface area contributed by atoms with E-state index in [-0.39, 0.29) is 39.4 Å². The maximum absolute atomic E-state index is 13.1. The Hall–Kier alpha value is -2.17. The number of hydrogen-bond donors (Lipinski definition) is 1. The molecule has 0 saturated carbocycles. The van der Waals surface area contributed by atoms with Crippen LogP contribution in [-0.4, -0.2) is 95.8 Å². The van der Waals surface area contributed by atoms with Gasteiger partial charge in [0.1, 0.15) is 10.6 Å². The molecule has 1 aromatic carbocycles. The van der Waals surface area contributed by atoms with Gasteiger partial charge in [-0.25, -0.2) is 12.7 Å². The molecule has 1 fully saturated rings. The van der Waals surface area contributed by atoms with Crippen LogP contribution in [0.4, 0.5) is 0 Å². The van der Waals surface area contributed by atoms with Crippen LogP contribution in [0.25, 0.3) is 0 Å². The summed E-state index contributed by atoms with van der Waals surface area (Å²) in [5.41, 5.74) is 0.249. The van der Waals surface area contributed by atoms with Crippen LogP contribution < -0.4 is 10.1 Å². The maximum atomic E-state index is 13.1. The Labute approximate surface area is 198 Å². The molecule has 0 aliphatic carbocycles. The number of benzene rings is 1. The first-order valence-corrected chi connectivity index (χ1v) is 12.5. The molecule has 2 amide bonds. The molecule has 1 N–H and O–H groups in total. The van der Waals surface area contributed by atoms with Gasteiger partial charge in [0, 0.05) is 51.8 Å². The van der Waals surface area contributed by atoms with E-state index >= 15 is 0 Å². The Balaban J connectivity index is 2.02. The molecular formula is C23H38N4O5S. The second-order valence-electron chi connectivity index (χ2n) is 9.84. The minimum Gasteiger partial charge on any atom is -0.495 e. The van der Waals surface area contributed by atoms with E-state index in [9.17, 15) is 18.0 Å². The summed E-state index contributed by atoms with van der Waals surface area (Å²) in [6.07, 6.45) is 1.15. The summed E-state index contributed by atoms with van der Waals surface area (Å²) in [7, 11) is 4.51. The lowest BCUT2D eigenvalue weighted by molar-refractivity contribution is -0.126. The predicted octanol–water partition coefficient (Wildman–Crippen LogP) is 1.50. The number of carbonyl (C=O) groups excluding carboxylic acids is 2. The van der Waals surface area contributed by atoms with Crippen molar-refractivity contribution >= 4 is 21.8 Å². The molecule has 0 atom stereocenters. The normalized spacial score (nSPS) is 15.7. The van der Waals surface area contributed by atoms with Crippen molar-refractivity contribution in [2.75, 3.05) is 61.5 Å². The van der Waals surface area contributed by atoms with Crippen molar-refractivity contribution < 1.29 is 22.7 Å². The van der Waals surface area contributed by atoms with Crippen molar-refractivity contribution in [2.24, 2.45) is 11.3 Å². The highest BCUT2D eigenvalue weighted by atomic mass is 32.2. The summed E-state index contributed by atoms with van der Waals surface area (Å²) in [5, 5.41) is 3.07. The van der Waals surface area contributed by atoms with Crippen molar-refractivity contribution in [3.63, 3.8) is 0 Å². The Morgan fingerprint density at radius 1 is 1.15 bits per heavy atom. The highest BCUT2D eigenvalue weighted by molar-refractivity contribution is 7.89. The number of nitrogens with one attached hydrogen (secondary N) is 1. The van der Waals surface area contributed by atoms with Crippen molar-refractivity contribution in [1.82, 2.24) is 19.4 Å². The van der Waals surface area contributed by atoms with Crippen LogP contribution in [0, 0.1) is 11.3 Å². The number of methoxy groups -OCH3 is 1. The number of ether oxygens (including phenoxy) is 1. The fraction of sp³-hybridized carbons (Fsp3) is 0.652. The number of rotatable bonds is 9. The fourth-order valence-corrected chi connectivity index (χ4v) is 5.19. The molecule has 1 heterocycles. The summed E-state index contributed by atoms with van der Waals surface area (Å²) in [5.74, 6) is -0.172. The monoisotopic (exact) mass is 482 g/mol. The molecule has 1 saturated heterocycles. The van der Waals surface area contributed by atoms with Gasteiger partial charge in [0.05, 0.1) is 7.11 Å². The highest BCUT2D eigenvalue weighted by Crippen LogP contribution is 2.28. The van der Waals surface area contributed by atoms with Gasteiger partial charge in [0.2, 0.25) is 15.9 Å². The zero-order valence-corrected chi connectivity index (χ0v) is 21.7. The molecule has 9 nitrogen and oxygen atoms in total. The molecule has 0 unspecified atom stereocenters. The van der Waals surface area contributed by atoms with Gasteiger partial charge < -0.3 is 19.9 Å². The number of hydrogen-bond acceptors (Lipinski definition) is 6. The molecule has 1 aromatic rings. The van der Waals surface area contributed by atoms with Gasteiger partial charge in [-0.1, -0.05) is 13.8 Å². The van der Waals surface area contributed by atoms with E-state index in [0.29, 0.717) is 32.5 Å². The van der Waals surface area contributed by atoms with Crippen LogP contribution in [0.5, 0.6) is 5.75 Å². The van der Waals surface area contributed by atoms with Crippen molar-refractivity contribution in [3.05, 3.63) is 23.8 Å². The van der Waals surface area contributed by atoms with Gasteiger partial charge in [-0.2, -0.15) is 0 Å². The largest absolute Gasteiger partial charge is 0.495 e. The zero-order valence-electron chi connectivity index (χ0n) is 20.8. The first kappa shape index (κ1) is 27.1. The van der Waals surface area contributed by atoms with Crippen molar-refractivity contribution in [2.45, 2.75) is 31.6 Å². The number of piperidine rings is 1. The van der Waals surface area contributed by atoms with E-state index in [0.717, 1.165) is 10.8 Å². The van der Waals surface area contributed by atoms with E-state index in [1.165, 1.54) is 33.3 Å². The molecule has 2 rings (SSSR count). The van der Waals surface area contributed by atoms with Crippen LogP contribution >= 0.6 is 0 Å². The molecule has 1 aliphatic rings. The van der Waals surface area contributed by atoms with Crippen LogP contribution in [0.1, 0.15) is 37.0 Å². The van der Waals surface area contributed by atoms with E-state index in [2.05, 4.69) is 24.1 Å². The second kappa shape index (κ2) is 10.8. The molecule has 33 heavy (non-hydrogen) atoms. The number of likely N-dealkylation sites (tertiary alicyclic amines) is 1. The van der Waals surface area contributed by atoms with Gasteiger partial charge in [-0.3, -0.25) is 9.59 Å². The molecule has 0 spiro atoms. The van der Waals surface area contributed by atoms with Crippen LogP contribution in [0.2, 0.25) is 0 Å². The number of carbonyl (C=O) groups is 2. The first-order chi connectivity index (χ1) is 15.3. The Kier molecular flexibility index (Phi) is 8.89. The minimum atomic E-state index is -3.77. The lowest BCUT2D eigenvalue weighted by Gasteiger charge is -2.33. The molecule has 0 bridgehead atoms. The highest BCUT2D eigenvalue weighted by Gasteiger charge is 2.30. The van der Waals surface area contributed by atoms with E-state index in [1.54, 1.807) is 11.0 Å². The lowest BCUT2D eigenvalue weighted by atomic mass is 9.91. The molecule has 1 aliphatic heterocycles. The van der Waals surface area contributed by atoms with E-state index < -0.39 is 10.0 Å². The summed E-state index contributed by atoms with van der Waals surface area (Å²) in [4.78, 5) is 29.4. The predicted molar refractivity (Wildman–Crippen MR) is 128 cm³/mol. The van der Waals surface area contributed by atoms with Crippen molar-refractivity contribution in [3.8, 4) is 5.75 Å². The average Bonchev–Trinajstić information content (AvgIpc) is 2.75. The quantitative estimate of drug-likeness (QED) is 0.573. The Bertz CT molecular complexity index is 952. The standard InChI is InChI=1S/C23H38N4O5S/c1-23(2,16-25(3)4)15-24-21(28)17-10-12-27(13-11-17)22(29)18-8-9-19(32-7)20(14-18)33(30,31)26(5)6/h8-9,14,17H,10-13,15-16H2,1-7H3,(H,24,28). The van der Waals surface area contributed by atoms with E-state index in [1.807, 2.05) is 14.1 Å². The third-order valence-corrected chi connectivity index (χ3v) is 7.64. The smallest absolute Gasteiger partial charge is 0.253 e. The third kappa shape index (κ3) is 6.91. The molecule has 186 valence electrons. The number of nitrogens with zero attached hydrogens (tertiary/aromatic N) is 3. The van der Waals surface area contributed by atoms with Gasteiger partial charge >= 0.3 is 0 Å². The first-order valence-electron chi connectivity index (χ1n) is 11.1. The summed E-state index contributed by atoms with van der Waals surface area (Å²) < 4.78 is 31.6. The lowest BCUT2D eigenvalue weighted by Crippen LogP contribution is -2.46. The summed E-state index contributed by atoms with van der Waals surface area (Å²) in [6.45, 7) is 6.59. The number of amides is 2. The summed E-state index contributed by atoms with van der Waals surface area (Å²) in [6, 6.07) is 4.43. The third-order valence-electron chi connectivity index (χ3n) is 5.81. The second-order valence-corrected chi connectivity index (χ2v) is 12.0. The molecule has 0 aromatic heterocycles. The topological polar surface area (TPSA) is 99.3 Å². The van der Waals surface area contributed by atoms with Gasteiger partial charge in [-0.05, 0) is 50.6 Å². The van der Waals surface area contributed by atoms with Gasteiger partial charge in [0.15, 0.2) is 0 Å². The molecule has 10 heteroatoms. The maximum Gasteiger partial charge on any atom is 0.253 e. The number of sulfonamides is 1. The summed E-state index contributed by atoms with van der Waals surface area (Å²) >= 11 is 0. The van der Waals surface area contributed by atoms with Gasteiger partial charge in [-0.15, -0.1) is 0 Å². The fourth-order valence-electron chi connectivity index (χ4n) is 4.12. The Morgan fingerprint density at radius 2 is 1.76 bits per heavy atom. The van der Waals surface area contributed by atoms with Crippen LogP contribution in [0.3, 0.4) is 0 Å². The van der Waals surface area contributed by atoms with Crippen LogP contribution in [-0.2, 0) is 14.8 Å².